The van der Waals surface area contributed by atoms with E-state index in [2.05, 4.69) is 0 Å². The molecule has 5 heteroatoms. The Hall–Kier alpha value is -2.69. The number of para-hydroxylation sites is 1. The maximum atomic E-state index is 11.1. The molecule has 0 aliphatic heterocycles. The minimum Gasteiger partial charge on any atom is -0.507 e. The Bertz CT molecular complexity index is 619. The van der Waals surface area contributed by atoms with Crippen LogP contribution < -0.4 is 0 Å². The van der Waals surface area contributed by atoms with Crippen molar-refractivity contribution in [3.05, 3.63) is 42.0 Å². The van der Waals surface area contributed by atoms with Crippen molar-refractivity contribution < 1.29 is 25.2 Å². The Balaban J connectivity index is 2.75. The van der Waals surface area contributed by atoms with Gasteiger partial charge in [-0.25, -0.2) is 4.79 Å². The molecule has 2 aromatic rings. The van der Waals surface area contributed by atoms with Gasteiger partial charge in [0.25, 0.3) is 0 Å². The van der Waals surface area contributed by atoms with Crippen molar-refractivity contribution in [2.45, 2.75) is 0 Å². The molecule has 4 N–H and O–H groups in total. The highest BCUT2D eigenvalue weighted by Crippen LogP contribution is 2.39. The number of aromatic hydroxyl groups is 3. The molecule has 0 heterocycles. The smallest absolute Gasteiger partial charge is 0.340 e. The van der Waals surface area contributed by atoms with Crippen LogP contribution in [-0.2, 0) is 0 Å². The number of carboxylic acids is 1. The summed E-state index contributed by atoms with van der Waals surface area (Å²) in [5.74, 6) is -2.49. The van der Waals surface area contributed by atoms with Crippen LogP contribution in [-0.4, -0.2) is 26.4 Å². The number of carboxylic acid groups (broad SMARTS) is 1. The summed E-state index contributed by atoms with van der Waals surface area (Å²) in [5, 5.41) is 37.7. The molecule has 0 atom stereocenters. The molecule has 0 amide bonds. The third kappa shape index (κ3) is 1.82. The predicted molar refractivity (Wildman–Crippen MR) is 63.8 cm³/mol. The molecule has 5 nitrogen and oxygen atoms in total. The molecule has 92 valence electrons. The number of benzene rings is 2. The largest absolute Gasteiger partial charge is 0.507 e. The Labute approximate surface area is 102 Å². The number of phenols is 3. The second kappa shape index (κ2) is 4.29. The molecular weight excluding hydrogens is 236 g/mol. The van der Waals surface area contributed by atoms with Crippen LogP contribution in [0.4, 0.5) is 0 Å². The highest BCUT2D eigenvalue weighted by atomic mass is 16.4. The summed E-state index contributed by atoms with van der Waals surface area (Å²) < 4.78 is 0. The Kier molecular flexibility index (Phi) is 2.81. The average Bonchev–Trinajstić information content (AvgIpc) is 2.32. The number of aromatic carboxylic acids is 1. The molecule has 0 saturated carbocycles. The van der Waals surface area contributed by atoms with E-state index >= 15 is 0 Å². The molecule has 2 rings (SSSR count). The molecular formula is C13H10O5. The van der Waals surface area contributed by atoms with Crippen molar-refractivity contribution in [3.63, 3.8) is 0 Å². The zero-order chi connectivity index (χ0) is 13.3. The van der Waals surface area contributed by atoms with Gasteiger partial charge < -0.3 is 20.4 Å². The summed E-state index contributed by atoms with van der Waals surface area (Å²) in [7, 11) is 0. The van der Waals surface area contributed by atoms with Crippen LogP contribution in [0.25, 0.3) is 11.1 Å². The second-order valence-corrected chi connectivity index (χ2v) is 3.68. The van der Waals surface area contributed by atoms with Crippen LogP contribution in [0.2, 0.25) is 0 Å². The molecule has 0 bridgehead atoms. The Morgan fingerprint density at radius 2 is 1.39 bits per heavy atom. The van der Waals surface area contributed by atoms with Crippen molar-refractivity contribution in [2.24, 2.45) is 0 Å². The minimum absolute atomic E-state index is 0.135. The normalized spacial score (nSPS) is 10.2. The molecule has 2 aromatic carbocycles. The van der Waals surface area contributed by atoms with Gasteiger partial charge in [-0.05, 0) is 12.1 Å². The van der Waals surface area contributed by atoms with E-state index in [1.165, 1.54) is 36.4 Å². The average molecular weight is 246 g/mol. The van der Waals surface area contributed by atoms with Gasteiger partial charge in [0.05, 0.1) is 0 Å². The number of rotatable bonds is 2. The summed E-state index contributed by atoms with van der Waals surface area (Å²) in [6.07, 6.45) is 0. The predicted octanol–water partition coefficient (Wildman–Crippen LogP) is 2.17. The molecule has 0 aromatic heterocycles. The standard InChI is InChI=1S/C13H10O5/c14-9-5-1-3-7(11(9)13(17)18)8-4-2-6-10(15)12(8)16/h1-6,14-16H,(H,17,18). The van der Waals surface area contributed by atoms with Crippen LogP contribution in [0.3, 0.4) is 0 Å². The van der Waals surface area contributed by atoms with Crippen LogP contribution in [0.15, 0.2) is 36.4 Å². The number of hydrogen-bond donors (Lipinski definition) is 4. The molecule has 0 saturated heterocycles. The van der Waals surface area contributed by atoms with Gasteiger partial charge in [-0.3, -0.25) is 0 Å². The fourth-order valence-corrected chi connectivity index (χ4v) is 1.74. The minimum atomic E-state index is -1.31. The van der Waals surface area contributed by atoms with Gasteiger partial charge in [0.1, 0.15) is 11.3 Å². The molecule has 0 aliphatic carbocycles. The van der Waals surface area contributed by atoms with Crippen molar-refractivity contribution in [3.8, 4) is 28.4 Å². The van der Waals surface area contributed by atoms with Crippen molar-refractivity contribution in [1.29, 1.82) is 0 Å². The zero-order valence-electron chi connectivity index (χ0n) is 9.16. The van der Waals surface area contributed by atoms with Crippen LogP contribution in [0.5, 0.6) is 17.2 Å². The second-order valence-electron chi connectivity index (χ2n) is 3.68. The first-order valence-corrected chi connectivity index (χ1v) is 5.09. The van der Waals surface area contributed by atoms with Gasteiger partial charge in [-0.2, -0.15) is 0 Å². The Morgan fingerprint density at radius 3 is 2.00 bits per heavy atom. The van der Waals surface area contributed by atoms with Crippen molar-refractivity contribution in [2.75, 3.05) is 0 Å². The van der Waals surface area contributed by atoms with Gasteiger partial charge in [-0.15, -0.1) is 0 Å². The maximum Gasteiger partial charge on any atom is 0.340 e. The fourth-order valence-electron chi connectivity index (χ4n) is 1.74. The van der Waals surface area contributed by atoms with E-state index in [1.54, 1.807) is 0 Å². The monoisotopic (exact) mass is 246 g/mol. The molecule has 0 aliphatic rings. The highest BCUT2D eigenvalue weighted by Gasteiger charge is 2.19. The van der Waals surface area contributed by atoms with Crippen LogP contribution in [0, 0.1) is 0 Å². The topological polar surface area (TPSA) is 98.0 Å². The van der Waals surface area contributed by atoms with Crippen molar-refractivity contribution in [1.82, 2.24) is 0 Å². The third-order valence-corrected chi connectivity index (χ3v) is 2.56. The molecule has 18 heavy (non-hydrogen) atoms. The quantitative estimate of drug-likeness (QED) is 0.609. The summed E-state index contributed by atoms with van der Waals surface area (Å²) in [4.78, 5) is 11.1. The maximum absolute atomic E-state index is 11.1. The lowest BCUT2D eigenvalue weighted by Crippen LogP contribution is -2.00. The summed E-state index contributed by atoms with van der Waals surface area (Å²) >= 11 is 0. The highest BCUT2D eigenvalue weighted by molar-refractivity contribution is 5.99. The molecule has 0 fully saturated rings. The third-order valence-electron chi connectivity index (χ3n) is 2.56. The Morgan fingerprint density at radius 1 is 0.833 bits per heavy atom. The first-order valence-electron chi connectivity index (χ1n) is 5.09. The number of phenolic OH excluding ortho intramolecular Hbond substituents is 2. The first kappa shape index (κ1) is 11.8. The van der Waals surface area contributed by atoms with Crippen LogP contribution >= 0.6 is 0 Å². The van der Waals surface area contributed by atoms with Gasteiger partial charge in [0.2, 0.25) is 0 Å². The van der Waals surface area contributed by atoms with E-state index in [0.29, 0.717) is 0 Å². The molecule has 0 unspecified atom stereocenters. The first-order chi connectivity index (χ1) is 8.52. The van der Waals surface area contributed by atoms with Gasteiger partial charge in [0, 0.05) is 11.1 Å². The number of carbonyl (C=O) groups is 1. The van der Waals surface area contributed by atoms with Gasteiger partial charge in [-0.1, -0.05) is 24.3 Å². The molecule has 0 spiro atoms. The summed E-state index contributed by atoms with van der Waals surface area (Å²) in [5.41, 5.74) is -0.0439. The van der Waals surface area contributed by atoms with Crippen molar-refractivity contribution >= 4 is 5.97 Å². The SMILES string of the molecule is O=C(O)c1c(O)cccc1-c1cccc(O)c1O. The van der Waals surface area contributed by atoms with E-state index in [1.807, 2.05) is 0 Å². The van der Waals surface area contributed by atoms with E-state index in [-0.39, 0.29) is 22.4 Å². The summed E-state index contributed by atoms with van der Waals surface area (Å²) in [6.45, 7) is 0. The number of hydrogen-bond acceptors (Lipinski definition) is 4. The lowest BCUT2D eigenvalue weighted by Gasteiger charge is -2.10. The van der Waals surface area contributed by atoms with Crippen LogP contribution in [0.1, 0.15) is 10.4 Å². The fraction of sp³-hybridized carbons (Fsp3) is 0. The van der Waals surface area contributed by atoms with Gasteiger partial charge in [0.15, 0.2) is 11.5 Å². The van der Waals surface area contributed by atoms with E-state index in [4.69, 9.17) is 5.11 Å². The van der Waals surface area contributed by atoms with E-state index < -0.39 is 17.5 Å². The molecule has 0 radical (unpaired) electrons. The van der Waals surface area contributed by atoms with Gasteiger partial charge >= 0.3 is 5.97 Å². The van der Waals surface area contributed by atoms with E-state index in [0.717, 1.165) is 0 Å². The lowest BCUT2D eigenvalue weighted by atomic mass is 9.98. The zero-order valence-corrected chi connectivity index (χ0v) is 9.16. The van der Waals surface area contributed by atoms with E-state index in [9.17, 15) is 20.1 Å². The lowest BCUT2D eigenvalue weighted by molar-refractivity contribution is 0.0694. The summed E-state index contributed by atoms with van der Waals surface area (Å²) in [6, 6.07) is 8.35.